The van der Waals surface area contributed by atoms with Crippen molar-refractivity contribution in [1.29, 1.82) is 0 Å². The van der Waals surface area contributed by atoms with Crippen molar-refractivity contribution in [3.63, 3.8) is 0 Å². The number of benzene rings is 1. The Morgan fingerprint density at radius 1 is 1.15 bits per heavy atom. The fourth-order valence-electron chi connectivity index (χ4n) is 3.09. The first-order chi connectivity index (χ1) is 12.8. The second kappa shape index (κ2) is 9.62. The molecule has 1 aliphatic rings. The van der Waals surface area contributed by atoms with Gasteiger partial charge in [-0.15, -0.1) is 0 Å². The van der Waals surface area contributed by atoms with Crippen molar-refractivity contribution in [3.8, 4) is 5.75 Å². The van der Waals surface area contributed by atoms with E-state index in [9.17, 15) is 9.59 Å². The number of hydrogen-bond acceptors (Lipinski definition) is 4. The number of hydrogen-bond donors (Lipinski definition) is 1. The van der Waals surface area contributed by atoms with Crippen LogP contribution in [0.4, 0.5) is 4.79 Å². The zero-order valence-corrected chi connectivity index (χ0v) is 16.9. The third-order valence-corrected chi connectivity index (χ3v) is 4.62. The van der Waals surface area contributed by atoms with E-state index in [4.69, 9.17) is 9.47 Å². The topological polar surface area (TPSA) is 67.9 Å². The van der Waals surface area contributed by atoms with E-state index in [1.807, 2.05) is 45.0 Å². The number of ether oxygens (including phenoxy) is 2. The van der Waals surface area contributed by atoms with Crippen molar-refractivity contribution in [2.75, 3.05) is 26.7 Å². The third-order valence-electron chi connectivity index (χ3n) is 4.62. The Bertz CT molecular complexity index is 614. The monoisotopic (exact) mass is 376 g/mol. The van der Waals surface area contributed by atoms with Crippen LogP contribution < -0.4 is 10.1 Å². The second-order valence-corrected chi connectivity index (χ2v) is 7.98. The van der Waals surface area contributed by atoms with Crippen molar-refractivity contribution in [2.45, 2.75) is 52.1 Å². The molecule has 27 heavy (non-hydrogen) atoms. The zero-order valence-electron chi connectivity index (χ0n) is 16.9. The number of methoxy groups -OCH3 is 1. The normalized spacial score (nSPS) is 15.3. The largest absolute Gasteiger partial charge is 0.497 e. The number of likely N-dealkylation sites (tertiary alicyclic amines) is 1. The van der Waals surface area contributed by atoms with Crippen LogP contribution >= 0.6 is 0 Å². The van der Waals surface area contributed by atoms with Gasteiger partial charge in [-0.3, -0.25) is 4.79 Å². The highest BCUT2D eigenvalue weighted by atomic mass is 16.6. The fraction of sp³-hybridized carbons (Fsp3) is 0.619. The van der Waals surface area contributed by atoms with Gasteiger partial charge in [0.25, 0.3) is 0 Å². The van der Waals surface area contributed by atoms with Gasteiger partial charge in [0.2, 0.25) is 5.91 Å². The molecular weight excluding hydrogens is 344 g/mol. The van der Waals surface area contributed by atoms with Gasteiger partial charge in [0.15, 0.2) is 0 Å². The van der Waals surface area contributed by atoms with Gasteiger partial charge in [-0.05, 0) is 64.2 Å². The number of rotatable bonds is 6. The quantitative estimate of drug-likeness (QED) is 0.773. The summed E-state index contributed by atoms with van der Waals surface area (Å²) in [6.45, 7) is 7.37. The van der Waals surface area contributed by atoms with Crippen LogP contribution in [0.3, 0.4) is 0 Å². The molecule has 0 unspecified atom stereocenters. The van der Waals surface area contributed by atoms with Gasteiger partial charge in [-0.25, -0.2) is 4.79 Å². The molecular formula is C21H32N2O4. The van der Waals surface area contributed by atoms with Crippen LogP contribution in [0, 0.1) is 5.92 Å². The first-order valence-electron chi connectivity index (χ1n) is 9.67. The molecule has 6 nitrogen and oxygen atoms in total. The number of nitrogens with one attached hydrogen (secondary N) is 1. The molecule has 0 radical (unpaired) electrons. The van der Waals surface area contributed by atoms with E-state index in [1.165, 1.54) is 5.56 Å². The summed E-state index contributed by atoms with van der Waals surface area (Å²) in [5.74, 6) is 0.919. The maximum absolute atomic E-state index is 12.3. The molecule has 1 aromatic carbocycles. The molecule has 2 rings (SSSR count). The van der Waals surface area contributed by atoms with Crippen LogP contribution in [0.15, 0.2) is 24.3 Å². The van der Waals surface area contributed by atoms with E-state index in [2.05, 4.69) is 5.32 Å². The van der Waals surface area contributed by atoms with Crippen LogP contribution in [0.1, 0.15) is 45.6 Å². The molecule has 1 heterocycles. The fourth-order valence-corrected chi connectivity index (χ4v) is 3.09. The Morgan fingerprint density at radius 3 is 2.33 bits per heavy atom. The molecule has 0 atom stereocenters. The third kappa shape index (κ3) is 7.12. The van der Waals surface area contributed by atoms with Gasteiger partial charge in [0.05, 0.1) is 7.11 Å². The number of nitrogens with zero attached hydrogens (tertiary/aromatic N) is 1. The van der Waals surface area contributed by atoms with Crippen molar-refractivity contribution in [1.82, 2.24) is 10.2 Å². The summed E-state index contributed by atoms with van der Waals surface area (Å²) < 4.78 is 10.5. The Kier molecular flexibility index (Phi) is 7.51. The average molecular weight is 376 g/mol. The number of carbonyl (C=O) groups is 2. The number of carbonyl (C=O) groups excluding carboxylic acids is 2. The number of piperidine rings is 1. The lowest BCUT2D eigenvalue weighted by Crippen LogP contribution is -2.45. The Balaban J connectivity index is 1.65. The van der Waals surface area contributed by atoms with Crippen molar-refractivity contribution in [3.05, 3.63) is 29.8 Å². The predicted octanol–water partition coefficient (Wildman–Crippen LogP) is 3.39. The van der Waals surface area contributed by atoms with E-state index in [0.717, 1.165) is 18.6 Å². The van der Waals surface area contributed by atoms with E-state index in [0.29, 0.717) is 32.5 Å². The molecule has 150 valence electrons. The standard InChI is InChI=1S/C21H32N2O4/c1-21(2,3)27-20(25)23-14-11-17(12-15-23)19(24)22-13-5-6-16-7-9-18(26-4)10-8-16/h7-10,17H,5-6,11-15H2,1-4H3,(H,22,24). The minimum Gasteiger partial charge on any atom is -0.497 e. The number of amides is 2. The first-order valence-corrected chi connectivity index (χ1v) is 9.67. The first kappa shape index (κ1) is 21.1. The van der Waals surface area contributed by atoms with Gasteiger partial charge in [-0.2, -0.15) is 0 Å². The lowest BCUT2D eigenvalue weighted by Gasteiger charge is -2.32. The van der Waals surface area contributed by atoms with Crippen LogP contribution in [0.2, 0.25) is 0 Å². The van der Waals surface area contributed by atoms with Gasteiger partial charge >= 0.3 is 6.09 Å². The highest BCUT2D eigenvalue weighted by molar-refractivity contribution is 5.79. The Hall–Kier alpha value is -2.24. The summed E-state index contributed by atoms with van der Waals surface area (Å²) in [5, 5.41) is 3.03. The minimum absolute atomic E-state index is 0.0235. The van der Waals surface area contributed by atoms with E-state index in [-0.39, 0.29) is 17.9 Å². The maximum atomic E-state index is 12.3. The molecule has 0 saturated carbocycles. The van der Waals surface area contributed by atoms with Gasteiger partial charge in [0.1, 0.15) is 11.4 Å². The molecule has 0 aliphatic carbocycles. The van der Waals surface area contributed by atoms with E-state index < -0.39 is 5.60 Å². The van der Waals surface area contributed by atoms with Gasteiger partial charge in [0, 0.05) is 25.6 Å². The van der Waals surface area contributed by atoms with Crippen molar-refractivity contribution in [2.24, 2.45) is 5.92 Å². The molecule has 1 aromatic rings. The Morgan fingerprint density at radius 2 is 1.78 bits per heavy atom. The summed E-state index contributed by atoms with van der Waals surface area (Å²) in [6.07, 6.45) is 2.89. The molecule has 0 spiro atoms. The van der Waals surface area contributed by atoms with Crippen LogP contribution in [-0.2, 0) is 16.0 Å². The van der Waals surface area contributed by atoms with Crippen molar-refractivity contribution < 1.29 is 19.1 Å². The van der Waals surface area contributed by atoms with Gasteiger partial charge in [-0.1, -0.05) is 12.1 Å². The molecule has 1 saturated heterocycles. The summed E-state index contributed by atoms with van der Waals surface area (Å²) >= 11 is 0. The highest BCUT2D eigenvalue weighted by Gasteiger charge is 2.29. The molecule has 1 N–H and O–H groups in total. The lowest BCUT2D eigenvalue weighted by molar-refractivity contribution is -0.126. The molecule has 6 heteroatoms. The second-order valence-electron chi connectivity index (χ2n) is 7.98. The van der Waals surface area contributed by atoms with E-state index in [1.54, 1.807) is 12.0 Å². The minimum atomic E-state index is -0.491. The summed E-state index contributed by atoms with van der Waals surface area (Å²) in [5.41, 5.74) is 0.741. The SMILES string of the molecule is COc1ccc(CCCNC(=O)C2CCN(C(=O)OC(C)(C)C)CC2)cc1. The summed E-state index contributed by atoms with van der Waals surface area (Å²) in [7, 11) is 1.66. The lowest BCUT2D eigenvalue weighted by atomic mass is 9.96. The molecule has 1 aliphatic heterocycles. The van der Waals surface area contributed by atoms with Gasteiger partial charge < -0.3 is 19.7 Å². The molecule has 0 bridgehead atoms. The number of aryl methyl sites for hydroxylation is 1. The predicted molar refractivity (Wildman–Crippen MR) is 105 cm³/mol. The van der Waals surface area contributed by atoms with E-state index >= 15 is 0 Å². The molecule has 1 fully saturated rings. The summed E-state index contributed by atoms with van der Waals surface area (Å²) in [6, 6.07) is 8.00. The van der Waals surface area contributed by atoms with Crippen LogP contribution in [-0.4, -0.2) is 49.2 Å². The smallest absolute Gasteiger partial charge is 0.410 e. The average Bonchev–Trinajstić information content (AvgIpc) is 2.64. The molecule has 2 amide bonds. The molecule has 0 aromatic heterocycles. The maximum Gasteiger partial charge on any atom is 0.410 e. The highest BCUT2D eigenvalue weighted by Crippen LogP contribution is 2.20. The zero-order chi connectivity index (χ0) is 19.9. The van der Waals surface area contributed by atoms with Crippen LogP contribution in [0.25, 0.3) is 0 Å². The Labute approximate surface area is 162 Å². The van der Waals surface area contributed by atoms with Crippen LogP contribution in [0.5, 0.6) is 5.75 Å². The summed E-state index contributed by atoms with van der Waals surface area (Å²) in [4.78, 5) is 26.1. The van der Waals surface area contributed by atoms with Crippen molar-refractivity contribution >= 4 is 12.0 Å².